The summed E-state index contributed by atoms with van der Waals surface area (Å²) < 4.78 is 2.12. The van der Waals surface area contributed by atoms with Gasteiger partial charge in [-0.1, -0.05) is 48.5 Å². The van der Waals surface area contributed by atoms with Gasteiger partial charge in [0.2, 0.25) is 0 Å². The van der Waals surface area contributed by atoms with Gasteiger partial charge in [-0.15, -0.1) is 0 Å². The molecule has 130 valence electrons. The van der Waals surface area contributed by atoms with Crippen LogP contribution in [-0.4, -0.2) is 27.0 Å². The number of nitrogens with zero attached hydrogens (tertiary/aromatic N) is 2. The predicted molar refractivity (Wildman–Crippen MR) is 102 cm³/mol. The van der Waals surface area contributed by atoms with Gasteiger partial charge < -0.3 is 14.9 Å². The van der Waals surface area contributed by atoms with E-state index in [1.165, 1.54) is 5.56 Å². The molecule has 0 bridgehead atoms. The number of para-hydroxylation sites is 1. The van der Waals surface area contributed by atoms with Crippen molar-refractivity contribution in [3.63, 3.8) is 0 Å². The summed E-state index contributed by atoms with van der Waals surface area (Å²) in [6, 6.07) is 20.0. The van der Waals surface area contributed by atoms with Crippen LogP contribution in [0.5, 0.6) is 0 Å². The van der Waals surface area contributed by atoms with Crippen molar-refractivity contribution >= 4 is 16.8 Å². The van der Waals surface area contributed by atoms with Crippen LogP contribution in [-0.2, 0) is 13.0 Å². The first-order valence-electron chi connectivity index (χ1n) is 8.69. The lowest BCUT2D eigenvalue weighted by atomic mass is 10.2. The average Bonchev–Trinajstić information content (AvgIpc) is 3.29. The van der Waals surface area contributed by atoms with Gasteiger partial charge in [-0.05, 0) is 17.7 Å². The van der Waals surface area contributed by atoms with Gasteiger partial charge >= 0.3 is 0 Å². The van der Waals surface area contributed by atoms with E-state index in [1.54, 1.807) is 6.20 Å². The molecule has 0 aliphatic carbocycles. The molecule has 1 amide bonds. The quantitative estimate of drug-likeness (QED) is 0.563. The van der Waals surface area contributed by atoms with Crippen LogP contribution in [0.15, 0.2) is 73.1 Å². The highest BCUT2D eigenvalue weighted by Gasteiger charge is 2.10. The van der Waals surface area contributed by atoms with Gasteiger partial charge in [-0.2, -0.15) is 0 Å². The summed E-state index contributed by atoms with van der Waals surface area (Å²) in [6.45, 7) is 1.33. The molecule has 0 fully saturated rings. The number of nitrogens with one attached hydrogen (secondary N) is 2. The third-order valence-corrected chi connectivity index (χ3v) is 4.41. The molecular weight excluding hydrogens is 324 g/mol. The highest BCUT2D eigenvalue weighted by atomic mass is 16.1. The van der Waals surface area contributed by atoms with Crippen LogP contribution in [0.1, 0.15) is 21.9 Å². The van der Waals surface area contributed by atoms with E-state index in [0.29, 0.717) is 18.7 Å². The Morgan fingerprint density at radius 1 is 1.08 bits per heavy atom. The Balaban J connectivity index is 1.36. The molecule has 26 heavy (non-hydrogen) atoms. The molecule has 0 radical (unpaired) electrons. The fraction of sp³-hybridized carbons (Fsp3) is 0.143. The van der Waals surface area contributed by atoms with Gasteiger partial charge in [0.05, 0.1) is 0 Å². The third-order valence-electron chi connectivity index (χ3n) is 4.41. The van der Waals surface area contributed by atoms with E-state index in [2.05, 4.69) is 32.0 Å². The first kappa shape index (κ1) is 16.1. The van der Waals surface area contributed by atoms with Crippen molar-refractivity contribution in [1.29, 1.82) is 0 Å². The topological polar surface area (TPSA) is 62.7 Å². The number of carbonyl (C=O) groups is 1. The summed E-state index contributed by atoms with van der Waals surface area (Å²) in [7, 11) is 0. The predicted octanol–water partition coefficient (Wildman–Crippen LogP) is 3.39. The fourth-order valence-corrected chi connectivity index (χ4v) is 3.07. The van der Waals surface area contributed by atoms with E-state index in [4.69, 9.17) is 0 Å². The minimum Gasteiger partial charge on any atom is -0.351 e. The van der Waals surface area contributed by atoms with E-state index in [9.17, 15) is 4.79 Å². The van der Waals surface area contributed by atoms with Gasteiger partial charge in [0.15, 0.2) is 0 Å². The molecule has 2 aromatic carbocycles. The molecule has 4 rings (SSSR count). The van der Waals surface area contributed by atoms with Crippen molar-refractivity contribution in [2.24, 2.45) is 0 Å². The van der Waals surface area contributed by atoms with Crippen LogP contribution in [0, 0.1) is 0 Å². The van der Waals surface area contributed by atoms with Crippen LogP contribution in [0.3, 0.4) is 0 Å². The zero-order valence-electron chi connectivity index (χ0n) is 14.4. The number of rotatable bonds is 6. The lowest BCUT2D eigenvalue weighted by Gasteiger charge is -2.08. The molecule has 0 spiro atoms. The lowest BCUT2D eigenvalue weighted by molar-refractivity contribution is 0.0949. The first-order chi connectivity index (χ1) is 12.8. The normalized spacial score (nSPS) is 10.9. The van der Waals surface area contributed by atoms with Crippen molar-refractivity contribution in [2.75, 3.05) is 6.54 Å². The van der Waals surface area contributed by atoms with Crippen LogP contribution in [0.4, 0.5) is 0 Å². The summed E-state index contributed by atoms with van der Waals surface area (Å²) in [5.74, 6) is 0.869. The Morgan fingerprint density at radius 3 is 2.73 bits per heavy atom. The Morgan fingerprint density at radius 2 is 1.88 bits per heavy atom. The fourth-order valence-electron chi connectivity index (χ4n) is 3.07. The van der Waals surface area contributed by atoms with Crippen molar-refractivity contribution in [3.05, 3.63) is 90.1 Å². The maximum absolute atomic E-state index is 12.3. The summed E-state index contributed by atoms with van der Waals surface area (Å²) in [5.41, 5.74) is 2.78. The second kappa shape index (κ2) is 7.27. The maximum atomic E-state index is 12.3. The number of imidazole rings is 1. The summed E-state index contributed by atoms with van der Waals surface area (Å²) in [5, 5.41) is 4.00. The minimum atomic E-state index is -0.0950. The van der Waals surface area contributed by atoms with Crippen LogP contribution < -0.4 is 5.32 Å². The standard InChI is InChI=1S/C21H20N4O/c26-21(19-14-17-8-4-5-9-18(17)24-19)23-11-10-20-22-12-13-25(20)15-16-6-2-1-3-7-16/h1-9,12-14,24H,10-11,15H2,(H,23,26). The van der Waals surface area contributed by atoms with Gasteiger partial charge in [-0.3, -0.25) is 4.79 Å². The second-order valence-electron chi connectivity index (χ2n) is 6.23. The number of amides is 1. The van der Waals surface area contributed by atoms with E-state index in [0.717, 1.165) is 23.3 Å². The van der Waals surface area contributed by atoms with Gasteiger partial charge in [0, 0.05) is 42.8 Å². The Kier molecular flexibility index (Phi) is 4.51. The van der Waals surface area contributed by atoms with Crippen LogP contribution >= 0.6 is 0 Å². The van der Waals surface area contributed by atoms with E-state index in [-0.39, 0.29) is 5.91 Å². The highest BCUT2D eigenvalue weighted by Crippen LogP contribution is 2.14. The largest absolute Gasteiger partial charge is 0.351 e. The number of hydrogen-bond donors (Lipinski definition) is 2. The highest BCUT2D eigenvalue weighted by molar-refractivity contribution is 5.97. The Bertz CT molecular complexity index is 984. The van der Waals surface area contributed by atoms with E-state index < -0.39 is 0 Å². The smallest absolute Gasteiger partial charge is 0.267 e. The van der Waals surface area contributed by atoms with Crippen molar-refractivity contribution in [1.82, 2.24) is 19.9 Å². The van der Waals surface area contributed by atoms with Gasteiger partial charge in [0.25, 0.3) is 5.91 Å². The molecule has 2 aromatic heterocycles. The molecule has 0 saturated carbocycles. The van der Waals surface area contributed by atoms with Crippen molar-refractivity contribution in [2.45, 2.75) is 13.0 Å². The SMILES string of the molecule is O=C(NCCc1nccn1Cc1ccccc1)c1cc2ccccc2[nH]1. The summed E-state index contributed by atoms with van der Waals surface area (Å²) in [6.07, 6.45) is 4.46. The summed E-state index contributed by atoms with van der Waals surface area (Å²) >= 11 is 0. The van der Waals surface area contributed by atoms with Crippen molar-refractivity contribution in [3.8, 4) is 0 Å². The number of hydrogen-bond acceptors (Lipinski definition) is 2. The average molecular weight is 344 g/mol. The minimum absolute atomic E-state index is 0.0950. The number of aromatic amines is 1. The second-order valence-corrected chi connectivity index (χ2v) is 6.23. The number of aromatic nitrogens is 3. The summed E-state index contributed by atoms with van der Waals surface area (Å²) in [4.78, 5) is 19.9. The molecule has 2 heterocycles. The van der Waals surface area contributed by atoms with Gasteiger partial charge in [0.1, 0.15) is 11.5 Å². The molecular formula is C21H20N4O. The van der Waals surface area contributed by atoms with Crippen LogP contribution in [0.2, 0.25) is 0 Å². The number of benzene rings is 2. The lowest BCUT2D eigenvalue weighted by Crippen LogP contribution is -2.26. The third kappa shape index (κ3) is 3.52. The van der Waals surface area contributed by atoms with Crippen molar-refractivity contribution < 1.29 is 4.79 Å². The first-order valence-corrected chi connectivity index (χ1v) is 8.69. The molecule has 0 aliphatic heterocycles. The molecule has 0 saturated heterocycles. The monoisotopic (exact) mass is 344 g/mol. The zero-order chi connectivity index (χ0) is 17.8. The Hall–Kier alpha value is -3.34. The molecule has 0 atom stereocenters. The number of carbonyl (C=O) groups excluding carboxylic acids is 1. The number of H-pyrrole nitrogens is 1. The maximum Gasteiger partial charge on any atom is 0.267 e. The molecule has 0 unspecified atom stereocenters. The molecule has 5 nitrogen and oxygen atoms in total. The van der Waals surface area contributed by atoms with Crippen LogP contribution in [0.25, 0.3) is 10.9 Å². The molecule has 0 aliphatic rings. The Labute approximate surface area is 151 Å². The molecule has 2 N–H and O–H groups in total. The number of fused-ring (bicyclic) bond motifs is 1. The molecule has 4 aromatic rings. The molecule has 5 heteroatoms. The zero-order valence-corrected chi connectivity index (χ0v) is 14.4. The van der Waals surface area contributed by atoms with Gasteiger partial charge in [-0.25, -0.2) is 4.98 Å². The van der Waals surface area contributed by atoms with E-state index in [1.807, 2.05) is 54.7 Å². The van der Waals surface area contributed by atoms with E-state index >= 15 is 0 Å².